The normalized spacial score (nSPS) is 10.6. The number of halogens is 1. The summed E-state index contributed by atoms with van der Waals surface area (Å²) in [5.41, 5.74) is 0.613. The van der Waals surface area contributed by atoms with Crippen LogP contribution in [0, 0.1) is 0 Å². The molecule has 2 rings (SSSR count). The first-order chi connectivity index (χ1) is 8.52. The summed E-state index contributed by atoms with van der Waals surface area (Å²) in [7, 11) is 1.25. The van der Waals surface area contributed by atoms with E-state index < -0.39 is 11.9 Å². The number of ether oxygens (including phenoxy) is 1. The summed E-state index contributed by atoms with van der Waals surface area (Å²) in [5, 5.41) is 8.81. The summed E-state index contributed by atoms with van der Waals surface area (Å²) in [6.45, 7) is 0. The first-order valence-corrected chi connectivity index (χ1v) is 5.79. The van der Waals surface area contributed by atoms with Gasteiger partial charge in [-0.05, 0) is 12.1 Å². The lowest BCUT2D eigenvalue weighted by molar-refractivity contribution is -0.136. The van der Waals surface area contributed by atoms with Crippen LogP contribution in [0.15, 0.2) is 22.8 Å². The number of imidazole rings is 1. The van der Waals surface area contributed by atoms with Crippen molar-refractivity contribution >= 4 is 33.4 Å². The fourth-order valence-electron chi connectivity index (χ4n) is 1.63. The number of hydrogen-bond acceptors (Lipinski definition) is 4. The molecule has 94 valence electrons. The van der Waals surface area contributed by atoms with Gasteiger partial charge >= 0.3 is 11.9 Å². The van der Waals surface area contributed by atoms with Crippen LogP contribution < -0.4 is 0 Å². The zero-order valence-corrected chi connectivity index (χ0v) is 11.0. The van der Waals surface area contributed by atoms with Gasteiger partial charge < -0.3 is 14.2 Å². The summed E-state index contributed by atoms with van der Waals surface area (Å²) in [6.07, 6.45) is 1.39. The van der Waals surface area contributed by atoms with Gasteiger partial charge in [0.25, 0.3) is 0 Å². The number of carboxylic acids is 1. The summed E-state index contributed by atoms with van der Waals surface area (Å²) < 4.78 is 6.95. The van der Waals surface area contributed by atoms with Crippen LogP contribution in [0.3, 0.4) is 0 Å². The maximum absolute atomic E-state index is 11.6. The number of methoxy groups -OCH3 is 1. The molecule has 0 aliphatic rings. The number of aromatic nitrogens is 2. The first-order valence-electron chi connectivity index (χ1n) is 4.99. The number of pyridine rings is 1. The van der Waals surface area contributed by atoms with E-state index in [1.165, 1.54) is 7.11 Å². The molecule has 0 saturated heterocycles. The number of aliphatic carboxylic acids is 1. The number of rotatable bonds is 3. The molecule has 0 bridgehead atoms. The molecule has 0 spiro atoms. The second-order valence-corrected chi connectivity index (χ2v) is 4.45. The highest BCUT2D eigenvalue weighted by Gasteiger charge is 2.19. The standard InChI is InChI=1S/C11H9BrN2O4/c1-18-11(17)10-7-4-6(12)2-3-14(7)8(13-10)5-9(15)16/h2-4H,5H2,1H3,(H,15,16). The lowest BCUT2D eigenvalue weighted by atomic mass is 10.3. The largest absolute Gasteiger partial charge is 0.481 e. The predicted molar refractivity (Wildman–Crippen MR) is 65.6 cm³/mol. The number of hydrogen-bond donors (Lipinski definition) is 1. The number of esters is 1. The fourth-order valence-corrected chi connectivity index (χ4v) is 1.96. The first kappa shape index (κ1) is 12.6. The van der Waals surface area contributed by atoms with Gasteiger partial charge in [-0.3, -0.25) is 4.79 Å². The molecular formula is C11H9BrN2O4. The quantitative estimate of drug-likeness (QED) is 0.869. The van der Waals surface area contributed by atoms with Crippen molar-refractivity contribution in [2.45, 2.75) is 6.42 Å². The van der Waals surface area contributed by atoms with Crippen LogP contribution in [0.5, 0.6) is 0 Å². The SMILES string of the molecule is COC(=O)c1nc(CC(=O)O)n2ccc(Br)cc12. The van der Waals surface area contributed by atoms with Crippen molar-refractivity contribution in [2.24, 2.45) is 0 Å². The topological polar surface area (TPSA) is 80.9 Å². The van der Waals surface area contributed by atoms with Gasteiger partial charge in [0.15, 0.2) is 5.69 Å². The second-order valence-electron chi connectivity index (χ2n) is 3.54. The van der Waals surface area contributed by atoms with Gasteiger partial charge in [-0.2, -0.15) is 0 Å². The molecule has 2 aromatic heterocycles. The van der Waals surface area contributed by atoms with E-state index >= 15 is 0 Å². The summed E-state index contributed by atoms with van der Waals surface area (Å²) in [6, 6.07) is 3.42. The monoisotopic (exact) mass is 312 g/mol. The Bertz CT molecular complexity index is 635. The zero-order valence-electron chi connectivity index (χ0n) is 9.38. The summed E-state index contributed by atoms with van der Waals surface area (Å²) in [5.74, 6) is -1.33. The van der Waals surface area contributed by atoms with E-state index in [1.54, 1.807) is 22.7 Å². The third kappa shape index (κ3) is 2.21. The van der Waals surface area contributed by atoms with Crippen LogP contribution in [0.4, 0.5) is 0 Å². The Balaban J connectivity index is 2.66. The van der Waals surface area contributed by atoms with Crippen LogP contribution in [-0.2, 0) is 16.0 Å². The van der Waals surface area contributed by atoms with E-state index in [-0.39, 0.29) is 17.9 Å². The van der Waals surface area contributed by atoms with Gasteiger partial charge in [-0.25, -0.2) is 9.78 Å². The van der Waals surface area contributed by atoms with Gasteiger partial charge in [-0.15, -0.1) is 0 Å². The molecule has 18 heavy (non-hydrogen) atoms. The highest BCUT2D eigenvalue weighted by atomic mass is 79.9. The molecule has 0 aromatic carbocycles. The van der Waals surface area contributed by atoms with Crippen LogP contribution in [0.25, 0.3) is 5.52 Å². The smallest absolute Gasteiger partial charge is 0.358 e. The van der Waals surface area contributed by atoms with Crippen LogP contribution in [0.2, 0.25) is 0 Å². The van der Waals surface area contributed by atoms with Crippen molar-refractivity contribution < 1.29 is 19.4 Å². The second kappa shape index (κ2) is 4.77. The molecule has 0 aliphatic carbocycles. The lowest BCUT2D eigenvalue weighted by Gasteiger charge is -1.99. The van der Waals surface area contributed by atoms with E-state index in [1.807, 2.05) is 0 Å². The molecule has 0 saturated carbocycles. The molecular weight excluding hydrogens is 304 g/mol. The summed E-state index contributed by atoms with van der Waals surface area (Å²) in [4.78, 5) is 26.4. The van der Waals surface area contributed by atoms with Gasteiger partial charge in [0, 0.05) is 10.7 Å². The highest BCUT2D eigenvalue weighted by molar-refractivity contribution is 9.10. The Morgan fingerprint density at radius 3 is 2.89 bits per heavy atom. The van der Waals surface area contributed by atoms with E-state index in [0.29, 0.717) is 5.52 Å². The molecule has 0 amide bonds. The van der Waals surface area contributed by atoms with Gasteiger partial charge in [-0.1, -0.05) is 15.9 Å². The Morgan fingerprint density at radius 2 is 2.28 bits per heavy atom. The van der Waals surface area contributed by atoms with Crippen LogP contribution >= 0.6 is 15.9 Å². The van der Waals surface area contributed by atoms with Gasteiger partial charge in [0.05, 0.1) is 12.6 Å². The summed E-state index contributed by atoms with van der Waals surface area (Å²) >= 11 is 3.29. The Morgan fingerprint density at radius 1 is 1.56 bits per heavy atom. The lowest BCUT2D eigenvalue weighted by Crippen LogP contribution is -2.05. The van der Waals surface area contributed by atoms with E-state index in [4.69, 9.17) is 5.11 Å². The van der Waals surface area contributed by atoms with Crippen molar-refractivity contribution in [1.29, 1.82) is 0 Å². The number of fused-ring (bicyclic) bond motifs is 1. The molecule has 0 unspecified atom stereocenters. The molecule has 0 radical (unpaired) electrons. The Labute approximate surface area is 110 Å². The fraction of sp³-hybridized carbons (Fsp3) is 0.182. The highest BCUT2D eigenvalue weighted by Crippen LogP contribution is 2.19. The third-order valence-corrected chi connectivity index (χ3v) is 2.86. The number of nitrogens with zero attached hydrogens (tertiary/aromatic N) is 2. The molecule has 2 heterocycles. The molecule has 0 atom stereocenters. The predicted octanol–water partition coefficient (Wildman–Crippen LogP) is 1.51. The van der Waals surface area contributed by atoms with Gasteiger partial charge in [0.1, 0.15) is 12.2 Å². The van der Waals surface area contributed by atoms with E-state index in [9.17, 15) is 9.59 Å². The minimum absolute atomic E-state index is 0.107. The van der Waals surface area contributed by atoms with Crippen molar-refractivity contribution in [3.63, 3.8) is 0 Å². The maximum Gasteiger partial charge on any atom is 0.358 e. The average Bonchev–Trinajstić information content (AvgIpc) is 2.65. The molecule has 6 nitrogen and oxygen atoms in total. The maximum atomic E-state index is 11.6. The third-order valence-electron chi connectivity index (χ3n) is 2.37. The van der Waals surface area contributed by atoms with E-state index in [2.05, 4.69) is 25.7 Å². The molecule has 2 aromatic rings. The molecule has 7 heteroatoms. The van der Waals surface area contributed by atoms with Crippen molar-refractivity contribution in [1.82, 2.24) is 9.38 Å². The van der Waals surface area contributed by atoms with Crippen LogP contribution in [-0.4, -0.2) is 33.5 Å². The minimum atomic E-state index is -1.01. The minimum Gasteiger partial charge on any atom is -0.481 e. The van der Waals surface area contributed by atoms with Crippen molar-refractivity contribution in [2.75, 3.05) is 7.11 Å². The van der Waals surface area contributed by atoms with Crippen LogP contribution in [0.1, 0.15) is 16.3 Å². The van der Waals surface area contributed by atoms with E-state index in [0.717, 1.165) is 4.47 Å². The van der Waals surface area contributed by atoms with Crippen molar-refractivity contribution in [3.8, 4) is 0 Å². The number of carboxylic acid groups (broad SMARTS) is 1. The molecule has 1 N–H and O–H groups in total. The number of carbonyl (C=O) groups is 2. The zero-order chi connectivity index (χ0) is 13.3. The average molecular weight is 313 g/mol. The number of carbonyl (C=O) groups excluding carboxylic acids is 1. The van der Waals surface area contributed by atoms with Crippen molar-refractivity contribution in [3.05, 3.63) is 34.3 Å². The Hall–Kier alpha value is -1.89. The Kier molecular flexibility index (Phi) is 3.33. The molecule has 0 aliphatic heterocycles. The molecule has 0 fully saturated rings. The van der Waals surface area contributed by atoms with Gasteiger partial charge in [0.2, 0.25) is 0 Å².